The van der Waals surface area contributed by atoms with E-state index in [1.807, 2.05) is 18.7 Å². The molecule has 0 radical (unpaired) electrons. The van der Waals surface area contributed by atoms with Crippen LogP contribution in [0.4, 0.5) is 5.69 Å². The van der Waals surface area contributed by atoms with Crippen LogP contribution in [0, 0.1) is 0 Å². The van der Waals surface area contributed by atoms with Crippen molar-refractivity contribution in [3.05, 3.63) is 23.8 Å². The smallest absolute Gasteiger partial charge is 0.177 e. The highest BCUT2D eigenvalue weighted by Crippen LogP contribution is 2.34. The third kappa shape index (κ3) is 3.57. The summed E-state index contributed by atoms with van der Waals surface area (Å²) in [7, 11) is -4.35. The Morgan fingerprint density at radius 2 is 1.92 bits per heavy atom. The Kier molecular flexibility index (Phi) is 5.54. The fourth-order valence-corrected chi connectivity index (χ4v) is 5.85. The minimum absolute atomic E-state index is 0.103. The molecule has 1 aliphatic rings. The first-order valence-corrected chi connectivity index (χ1v) is 11.3. The standard InChI is InChI=1S/C17H25NO4S2/c1-5-17(6-2)12-18(9-10-23(17)20)15-11-14(13(3)19)7-8-16(15)24(4,21)22/h7-8,11H,5-6,9-10,12H2,1-4H3. The molecule has 0 N–H and O–H groups in total. The lowest BCUT2D eigenvalue weighted by Gasteiger charge is -2.42. The fourth-order valence-electron chi connectivity index (χ4n) is 3.21. The molecule has 1 atom stereocenters. The minimum atomic E-state index is -3.42. The number of anilines is 1. The number of ketones is 1. The van der Waals surface area contributed by atoms with Crippen molar-refractivity contribution < 1.29 is 17.4 Å². The SMILES string of the molecule is CCC1(CC)CN(c2cc(C(C)=O)ccc2S(C)(=O)=O)CCS1=O. The van der Waals surface area contributed by atoms with E-state index in [4.69, 9.17) is 0 Å². The molecule has 0 aromatic heterocycles. The number of sulfone groups is 1. The number of Topliss-reactive ketones (excluding diaryl/α,β-unsaturated/α-hetero) is 1. The van der Waals surface area contributed by atoms with Crippen molar-refractivity contribution in [2.75, 3.05) is 30.0 Å². The predicted molar refractivity (Wildman–Crippen MR) is 98.1 cm³/mol. The van der Waals surface area contributed by atoms with E-state index < -0.39 is 20.6 Å². The van der Waals surface area contributed by atoms with Gasteiger partial charge in [-0.2, -0.15) is 0 Å². The van der Waals surface area contributed by atoms with E-state index in [-0.39, 0.29) is 15.4 Å². The maximum atomic E-state index is 12.5. The van der Waals surface area contributed by atoms with Crippen molar-refractivity contribution >= 4 is 32.1 Å². The molecule has 1 aromatic rings. The Hall–Kier alpha value is -1.21. The zero-order valence-corrected chi connectivity index (χ0v) is 16.3. The van der Waals surface area contributed by atoms with Gasteiger partial charge in [0.05, 0.1) is 15.3 Å². The highest BCUT2D eigenvalue weighted by atomic mass is 32.2. The van der Waals surface area contributed by atoms with E-state index in [1.165, 1.54) is 19.2 Å². The van der Waals surface area contributed by atoms with Crippen molar-refractivity contribution in [3.63, 3.8) is 0 Å². The molecule has 0 spiro atoms. The van der Waals surface area contributed by atoms with Crippen molar-refractivity contribution in [1.29, 1.82) is 0 Å². The molecular weight excluding hydrogens is 346 g/mol. The van der Waals surface area contributed by atoms with Crippen LogP contribution in [0.2, 0.25) is 0 Å². The first kappa shape index (κ1) is 19.1. The van der Waals surface area contributed by atoms with Crippen molar-refractivity contribution in [1.82, 2.24) is 0 Å². The van der Waals surface area contributed by atoms with Crippen molar-refractivity contribution in [2.24, 2.45) is 0 Å². The summed E-state index contributed by atoms with van der Waals surface area (Å²) in [5.74, 6) is 0.406. The molecule has 5 nitrogen and oxygen atoms in total. The second kappa shape index (κ2) is 6.96. The third-order valence-electron chi connectivity index (χ3n) is 4.90. The van der Waals surface area contributed by atoms with E-state index in [0.717, 1.165) is 12.8 Å². The van der Waals surface area contributed by atoms with Gasteiger partial charge in [0, 0.05) is 41.5 Å². The topological polar surface area (TPSA) is 71.5 Å². The highest BCUT2D eigenvalue weighted by molar-refractivity contribution is 7.90. The van der Waals surface area contributed by atoms with Gasteiger partial charge in [0.25, 0.3) is 0 Å². The lowest BCUT2D eigenvalue weighted by molar-refractivity contribution is 0.101. The van der Waals surface area contributed by atoms with Crippen LogP contribution in [-0.4, -0.2) is 48.3 Å². The molecule has 1 saturated heterocycles. The van der Waals surface area contributed by atoms with Gasteiger partial charge in [0.15, 0.2) is 15.6 Å². The number of hydrogen-bond acceptors (Lipinski definition) is 5. The van der Waals surface area contributed by atoms with E-state index in [1.54, 1.807) is 12.1 Å². The Morgan fingerprint density at radius 1 is 1.29 bits per heavy atom. The Balaban J connectivity index is 2.55. The van der Waals surface area contributed by atoms with Crippen LogP contribution >= 0.6 is 0 Å². The number of carbonyl (C=O) groups excluding carboxylic acids is 1. The molecule has 0 aliphatic carbocycles. The molecule has 24 heavy (non-hydrogen) atoms. The molecule has 134 valence electrons. The molecule has 1 fully saturated rings. The minimum Gasteiger partial charge on any atom is -0.368 e. The molecule has 0 saturated carbocycles. The van der Waals surface area contributed by atoms with Gasteiger partial charge in [-0.3, -0.25) is 9.00 Å². The molecule has 0 bridgehead atoms. The van der Waals surface area contributed by atoms with Crippen LogP contribution in [0.1, 0.15) is 44.0 Å². The Bertz CT molecular complexity index is 767. The molecule has 1 aromatic carbocycles. The van der Waals surface area contributed by atoms with Gasteiger partial charge in [0.2, 0.25) is 0 Å². The predicted octanol–water partition coefficient (Wildman–Crippen LogP) is 2.42. The van der Waals surface area contributed by atoms with Crippen LogP contribution in [0.15, 0.2) is 23.1 Å². The number of benzene rings is 1. The molecular formula is C17H25NO4S2. The lowest BCUT2D eigenvalue weighted by Crippen LogP contribution is -2.53. The van der Waals surface area contributed by atoms with Crippen LogP contribution < -0.4 is 4.90 Å². The molecule has 1 unspecified atom stereocenters. The number of carbonyl (C=O) groups is 1. The summed E-state index contributed by atoms with van der Waals surface area (Å²) in [6.45, 7) is 6.57. The third-order valence-corrected chi connectivity index (χ3v) is 8.27. The van der Waals surface area contributed by atoms with E-state index >= 15 is 0 Å². The van der Waals surface area contributed by atoms with E-state index in [9.17, 15) is 17.4 Å². The second-order valence-corrected chi connectivity index (χ2v) is 10.3. The van der Waals surface area contributed by atoms with Crippen molar-refractivity contribution in [2.45, 2.75) is 43.3 Å². The normalized spacial score (nSPS) is 20.8. The first-order chi connectivity index (χ1) is 11.1. The first-order valence-electron chi connectivity index (χ1n) is 8.13. The zero-order chi connectivity index (χ0) is 18.1. The number of nitrogens with zero attached hydrogens (tertiary/aromatic N) is 1. The fraction of sp³-hybridized carbons (Fsp3) is 0.588. The van der Waals surface area contributed by atoms with Gasteiger partial charge in [-0.05, 0) is 38.0 Å². The van der Waals surface area contributed by atoms with Gasteiger partial charge >= 0.3 is 0 Å². The maximum Gasteiger partial charge on any atom is 0.177 e. The lowest BCUT2D eigenvalue weighted by atomic mass is 10.0. The Labute approximate surface area is 146 Å². The van der Waals surface area contributed by atoms with E-state index in [2.05, 4.69) is 0 Å². The van der Waals surface area contributed by atoms with Crippen LogP contribution in [-0.2, 0) is 20.6 Å². The summed E-state index contributed by atoms with van der Waals surface area (Å²) < 4.78 is 36.5. The average Bonchev–Trinajstić information content (AvgIpc) is 2.54. The maximum absolute atomic E-state index is 12.5. The monoisotopic (exact) mass is 371 g/mol. The van der Waals surface area contributed by atoms with Crippen LogP contribution in [0.25, 0.3) is 0 Å². The van der Waals surface area contributed by atoms with Gasteiger partial charge in [-0.25, -0.2) is 8.42 Å². The van der Waals surface area contributed by atoms with Gasteiger partial charge in [0.1, 0.15) is 0 Å². The van der Waals surface area contributed by atoms with Gasteiger partial charge in [-0.1, -0.05) is 13.8 Å². The summed E-state index contributed by atoms with van der Waals surface area (Å²) in [6, 6.07) is 4.72. The average molecular weight is 372 g/mol. The van der Waals surface area contributed by atoms with E-state index in [0.29, 0.717) is 30.1 Å². The van der Waals surface area contributed by atoms with Gasteiger partial charge < -0.3 is 4.90 Å². The number of rotatable bonds is 5. The Morgan fingerprint density at radius 3 is 2.42 bits per heavy atom. The quantitative estimate of drug-likeness (QED) is 0.744. The van der Waals surface area contributed by atoms with Crippen LogP contribution in [0.3, 0.4) is 0 Å². The summed E-state index contributed by atoms with van der Waals surface area (Å²) in [5.41, 5.74) is 1.04. The molecule has 2 rings (SSSR count). The largest absolute Gasteiger partial charge is 0.368 e. The highest BCUT2D eigenvalue weighted by Gasteiger charge is 2.39. The second-order valence-electron chi connectivity index (χ2n) is 6.37. The summed E-state index contributed by atoms with van der Waals surface area (Å²) >= 11 is 0. The van der Waals surface area contributed by atoms with Gasteiger partial charge in [-0.15, -0.1) is 0 Å². The molecule has 0 amide bonds. The van der Waals surface area contributed by atoms with Crippen LogP contribution in [0.5, 0.6) is 0 Å². The zero-order valence-electron chi connectivity index (χ0n) is 14.7. The summed E-state index contributed by atoms with van der Waals surface area (Å²) in [4.78, 5) is 13.9. The summed E-state index contributed by atoms with van der Waals surface area (Å²) in [5, 5.41) is 0. The molecule has 7 heteroatoms. The molecule has 1 heterocycles. The number of hydrogen-bond donors (Lipinski definition) is 0. The summed E-state index contributed by atoms with van der Waals surface area (Å²) in [6.07, 6.45) is 2.72. The van der Waals surface area contributed by atoms with Crippen molar-refractivity contribution in [3.8, 4) is 0 Å². The molecule has 1 aliphatic heterocycles.